The Kier molecular flexibility index (Phi) is 15.3. The summed E-state index contributed by atoms with van der Waals surface area (Å²) in [6.45, 7) is -0.825. The molecule has 5 rings (SSSR count). The number of carboxylic acid groups (broad SMARTS) is 3. The normalized spacial score (nSPS) is 9.67. The number of aromatic carboxylic acids is 2. The summed E-state index contributed by atoms with van der Waals surface area (Å²) in [7, 11) is 0. The summed E-state index contributed by atoms with van der Waals surface area (Å²) in [5.41, 5.74) is 6.78. The molecule has 51 heavy (non-hydrogen) atoms. The third-order valence-electron chi connectivity index (χ3n) is 5.82. The number of nitrogens with zero attached hydrogens (tertiary/aromatic N) is 9. The van der Waals surface area contributed by atoms with Gasteiger partial charge in [0.1, 0.15) is 34.9 Å². The van der Waals surface area contributed by atoms with Crippen LogP contribution in [0.15, 0.2) is 72.1 Å². The number of halogens is 6. The van der Waals surface area contributed by atoms with Gasteiger partial charge in [-0.15, -0.1) is 16.6 Å². The van der Waals surface area contributed by atoms with Crippen molar-refractivity contribution in [3.63, 3.8) is 0 Å². The number of hydrogen-bond donors (Lipinski definition) is 3. The molecular weight excluding hydrogens is 696 g/mol. The second-order valence-corrected chi connectivity index (χ2v) is 9.13. The zero-order valence-corrected chi connectivity index (χ0v) is 25.4. The topological polar surface area (TPSA) is 222 Å². The van der Waals surface area contributed by atoms with Crippen molar-refractivity contribution in [1.29, 1.82) is 0 Å². The lowest BCUT2D eigenvalue weighted by atomic mass is 10.2. The fourth-order valence-corrected chi connectivity index (χ4v) is 3.48. The summed E-state index contributed by atoms with van der Waals surface area (Å²) >= 11 is 0. The van der Waals surface area contributed by atoms with E-state index in [0.29, 0.717) is 0 Å². The Labute approximate surface area is 283 Å². The number of aliphatic carboxylic acids is 1. The maximum absolute atomic E-state index is 13.3. The second-order valence-electron chi connectivity index (χ2n) is 9.13. The van der Waals surface area contributed by atoms with Crippen LogP contribution in [-0.4, -0.2) is 63.2 Å². The van der Waals surface area contributed by atoms with E-state index in [-0.39, 0.29) is 49.1 Å². The van der Waals surface area contributed by atoms with Crippen LogP contribution < -0.4 is 0 Å². The molecule has 0 aliphatic rings. The molecule has 0 aliphatic carbocycles. The van der Waals surface area contributed by atoms with Gasteiger partial charge in [0.25, 0.3) is 0 Å². The van der Waals surface area contributed by atoms with E-state index in [4.69, 9.17) is 25.6 Å². The van der Waals surface area contributed by atoms with Crippen LogP contribution in [0.25, 0.3) is 10.4 Å². The minimum absolute atomic E-state index is 0. The lowest BCUT2D eigenvalue weighted by Gasteiger charge is -2.05. The number of carboxylic acids is 3. The standard InChI is InChI=1S/2C10H7F2N3O2.C7H5F2N3.C3H2O2.H2/c11-7-2-1-3-8(12)6(7)5-15-9(10(16)17)4-13-14-15;11-7-2-1-3-8(12)6(7)4-15-5-9(10(16)17)13-14-15;8-6-2-1-3-7(9)5(6)4-11-12-10;1-2-3(4)5;/h1-4H,5H2,(H,16,17);1-3,5H,4H2,(H,16,17);1-3H,4H2;1H,(H,4,5);1H/i;;;;1+1. The smallest absolute Gasteiger partial charge is 0.381 e. The SMILES string of the molecule is C#CC(=O)O.O=C(O)c1cn(Cc2c(F)cccc2F)nn1.O=C(O)c1cnnn1Cc1c(F)cccc1F.[2HH].[N-]=[N+]=NCc1c(F)cccc1F. The van der Waals surface area contributed by atoms with Crippen LogP contribution in [0, 0.1) is 47.2 Å². The van der Waals surface area contributed by atoms with Crippen molar-refractivity contribution in [2.45, 2.75) is 19.6 Å². The monoisotopic (exact) mass is 720 g/mol. The van der Waals surface area contributed by atoms with Crippen LogP contribution in [0.2, 0.25) is 0 Å². The Balaban J connectivity index is 0.000000368. The maximum atomic E-state index is 13.3. The zero-order chi connectivity index (χ0) is 38.1. The minimum atomic E-state index is -1.26. The van der Waals surface area contributed by atoms with Gasteiger partial charge in [-0.25, -0.2) is 50.1 Å². The summed E-state index contributed by atoms with van der Waals surface area (Å²) in [6, 6.07) is 10.4. The highest BCUT2D eigenvalue weighted by molar-refractivity contribution is 5.85. The Bertz CT molecular complexity index is 2040. The first-order chi connectivity index (χ1) is 24.2. The molecule has 15 nitrogen and oxygen atoms in total. The van der Waals surface area contributed by atoms with Gasteiger partial charge in [0.05, 0.1) is 32.0 Å². The summed E-state index contributed by atoms with van der Waals surface area (Å²) in [6.07, 6.45) is 6.44. The first-order valence-electron chi connectivity index (χ1n) is 13.4. The molecule has 5 aromatic rings. The van der Waals surface area contributed by atoms with Crippen molar-refractivity contribution in [3.05, 3.63) is 140 Å². The summed E-state index contributed by atoms with van der Waals surface area (Å²) in [5.74, 6) is -6.59. The van der Waals surface area contributed by atoms with Gasteiger partial charge in [0, 0.05) is 28.9 Å². The molecule has 0 saturated heterocycles. The molecule has 0 bridgehead atoms. The molecule has 0 saturated carbocycles. The average molecular weight is 721 g/mol. The Hall–Kier alpha value is -7.20. The van der Waals surface area contributed by atoms with Gasteiger partial charge in [-0.2, -0.15) is 0 Å². The van der Waals surface area contributed by atoms with Gasteiger partial charge in [-0.05, 0) is 41.9 Å². The molecule has 0 aliphatic heterocycles. The van der Waals surface area contributed by atoms with Crippen LogP contribution >= 0.6 is 0 Å². The maximum Gasteiger partial charge on any atom is 0.381 e. The van der Waals surface area contributed by atoms with Gasteiger partial charge in [-0.1, -0.05) is 33.7 Å². The zero-order valence-electron chi connectivity index (χ0n) is 25.4. The van der Waals surface area contributed by atoms with Crippen LogP contribution in [0.3, 0.4) is 0 Å². The highest BCUT2D eigenvalue weighted by Gasteiger charge is 2.16. The average Bonchev–Trinajstić information content (AvgIpc) is 3.76. The minimum Gasteiger partial charge on any atom is -0.476 e. The predicted octanol–water partition coefficient (Wildman–Crippen LogP) is 5.33. The molecule has 266 valence electrons. The van der Waals surface area contributed by atoms with Gasteiger partial charge in [0.2, 0.25) is 0 Å². The van der Waals surface area contributed by atoms with E-state index >= 15 is 0 Å². The molecule has 3 aromatic carbocycles. The number of aromatic nitrogens is 6. The van der Waals surface area contributed by atoms with Crippen LogP contribution in [0.4, 0.5) is 26.3 Å². The number of azide groups is 1. The second kappa shape index (κ2) is 19.6. The third-order valence-corrected chi connectivity index (χ3v) is 5.82. The molecule has 3 N–H and O–H groups in total. The Morgan fingerprint density at radius 2 is 1.24 bits per heavy atom. The fraction of sp³-hybridized carbons (Fsp3) is 0.100. The first kappa shape index (κ1) is 40.0. The predicted molar refractivity (Wildman–Crippen MR) is 163 cm³/mol. The van der Waals surface area contributed by atoms with Gasteiger partial charge in [0.15, 0.2) is 11.4 Å². The van der Waals surface area contributed by atoms with E-state index < -0.39 is 52.8 Å². The lowest BCUT2D eigenvalue weighted by molar-refractivity contribution is -0.130. The Morgan fingerprint density at radius 3 is 1.63 bits per heavy atom. The van der Waals surface area contributed by atoms with E-state index in [1.54, 1.807) is 0 Å². The summed E-state index contributed by atoms with van der Waals surface area (Å²) < 4.78 is 80.7. The van der Waals surface area contributed by atoms with E-state index in [1.165, 1.54) is 24.1 Å². The molecule has 0 spiro atoms. The van der Waals surface area contributed by atoms with Gasteiger partial charge in [-0.3, -0.25) is 0 Å². The largest absolute Gasteiger partial charge is 0.476 e. The van der Waals surface area contributed by atoms with E-state index in [9.17, 15) is 35.9 Å². The van der Waals surface area contributed by atoms with Crippen molar-refractivity contribution < 1.29 is 57.5 Å². The summed E-state index contributed by atoms with van der Waals surface area (Å²) in [5, 5.41) is 41.6. The quantitative estimate of drug-likeness (QED) is 0.0614. The molecule has 21 heteroatoms. The summed E-state index contributed by atoms with van der Waals surface area (Å²) in [4.78, 5) is 32.8. The third kappa shape index (κ3) is 12.4. The fourth-order valence-electron chi connectivity index (χ4n) is 3.48. The van der Waals surface area contributed by atoms with E-state index in [0.717, 1.165) is 58.2 Å². The van der Waals surface area contributed by atoms with Crippen LogP contribution in [-0.2, 0) is 24.4 Å². The first-order valence-corrected chi connectivity index (χ1v) is 13.4. The lowest BCUT2D eigenvalue weighted by Crippen LogP contribution is -2.13. The van der Waals surface area contributed by atoms with Crippen molar-refractivity contribution in [2.24, 2.45) is 5.11 Å². The molecule has 2 aromatic heterocycles. The van der Waals surface area contributed by atoms with Crippen LogP contribution in [0.1, 0.15) is 39.1 Å². The number of hydrogen-bond acceptors (Lipinski definition) is 8. The molecule has 0 radical (unpaired) electrons. The van der Waals surface area contributed by atoms with Crippen molar-refractivity contribution >= 4 is 17.9 Å². The highest BCUT2D eigenvalue weighted by Crippen LogP contribution is 2.15. The Morgan fingerprint density at radius 1 is 0.784 bits per heavy atom. The van der Waals surface area contributed by atoms with Gasteiger partial charge >= 0.3 is 17.9 Å². The molecular formula is C30H23F6N9O6. The molecule has 0 fully saturated rings. The number of benzene rings is 3. The van der Waals surface area contributed by atoms with Gasteiger partial charge < -0.3 is 15.3 Å². The number of rotatable bonds is 8. The molecule has 2 heterocycles. The molecule has 0 unspecified atom stereocenters. The molecule has 0 atom stereocenters. The molecule has 0 amide bonds. The number of carbonyl (C=O) groups is 3. The van der Waals surface area contributed by atoms with Crippen LogP contribution in [0.5, 0.6) is 0 Å². The number of terminal acetylenes is 1. The van der Waals surface area contributed by atoms with Crippen molar-refractivity contribution in [3.8, 4) is 12.3 Å². The highest BCUT2D eigenvalue weighted by atomic mass is 19.2. The van der Waals surface area contributed by atoms with Crippen molar-refractivity contribution in [2.75, 3.05) is 0 Å². The van der Waals surface area contributed by atoms with E-state index in [2.05, 4.69) is 37.1 Å². The van der Waals surface area contributed by atoms with Crippen molar-refractivity contribution in [1.82, 2.24) is 30.0 Å². The van der Waals surface area contributed by atoms with E-state index in [1.807, 2.05) is 0 Å².